The average Bonchev–Trinajstić information content (AvgIpc) is 2.77. The first kappa shape index (κ1) is 18.7. The van der Waals surface area contributed by atoms with E-state index in [0.29, 0.717) is 5.95 Å². The van der Waals surface area contributed by atoms with E-state index >= 15 is 0 Å². The van der Waals surface area contributed by atoms with Gasteiger partial charge >= 0.3 is 0 Å². The summed E-state index contributed by atoms with van der Waals surface area (Å²) < 4.78 is 1.55. The van der Waals surface area contributed by atoms with Crippen LogP contribution in [0.4, 0.5) is 11.6 Å². The van der Waals surface area contributed by atoms with E-state index in [4.69, 9.17) is 0 Å². The van der Waals surface area contributed by atoms with Gasteiger partial charge in [-0.3, -0.25) is 4.79 Å². The highest BCUT2D eigenvalue weighted by molar-refractivity contribution is 5.94. The fourth-order valence-corrected chi connectivity index (χ4v) is 3.89. The highest BCUT2D eigenvalue weighted by Crippen LogP contribution is 2.30. The van der Waals surface area contributed by atoms with Gasteiger partial charge in [-0.2, -0.15) is 5.26 Å². The van der Waals surface area contributed by atoms with Crippen molar-refractivity contribution < 1.29 is 0 Å². The van der Waals surface area contributed by atoms with Gasteiger partial charge in [-0.25, -0.2) is 9.97 Å². The molecule has 0 bridgehead atoms. The first-order valence-corrected chi connectivity index (χ1v) is 9.61. The second-order valence-electron chi connectivity index (χ2n) is 7.13. The van der Waals surface area contributed by atoms with Gasteiger partial charge in [-0.1, -0.05) is 24.8 Å². The van der Waals surface area contributed by atoms with Gasteiger partial charge in [0.25, 0.3) is 5.56 Å². The Morgan fingerprint density at radius 2 is 2.03 bits per heavy atom. The van der Waals surface area contributed by atoms with Crippen LogP contribution in [0.5, 0.6) is 0 Å². The molecule has 146 valence electrons. The molecule has 1 saturated heterocycles. The molecule has 0 amide bonds. The summed E-state index contributed by atoms with van der Waals surface area (Å²) in [7, 11) is 1.71. The number of nitriles is 1. The predicted molar refractivity (Wildman–Crippen MR) is 115 cm³/mol. The molecule has 1 N–H and O–H groups in total. The molecule has 7 nitrogen and oxygen atoms in total. The monoisotopic (exact) mass is 386 g/mol. The number of hydrogen-bond donors (Lipinski definition) is 1. The molecule has 2 aromatic heterocycles. The number of para-hydroxylation sites is 1. The highest BCUT2D eigenvalue weighted by Gasteiger charge is 2.25. The molecular weight excluding hydrogens is 364 g/mol. The van der Waals surface area contributed by atoms with Crippen LogP contribution in [0.1, 0.15) is 24.1 Å². The summed E-state index contributed by atoms with van der Waals surface area (Å²) in [5.74, 6) is 0.595. The zero-order chi connectivity index (χ0) is 20.4. The van der Waals surface area contributed by atoms with E-state index in [1.54, 1.807) is 23.9 Å². The second kappa shape index (κ2) is 7.76. The molecule has 4 rings (SSSR count). The summed E-state index contributed by atoms with van der Waals surface area (Å²) >= 11 is 0. The molecule has 7 heteroatoms. The molecule has 0 atom stereocenters. The molecule has 0 spiro atoms. The van der Waals surface area contributed by atoms with Crippen LogP contribution >= 0.6 is 0 Å². The average molecular weight is 386 g/mol. The summed E-state index contributed by atoms with van der Waals surface area (Å²) in [6, 6.07) is 11.9. The number of hydrogen-bond acceptors (Lipinski definition) is 6. The molecule has 3 heterocycles. The number of pyridine rings is 1. The first-order chi connectivity index (χ1) is 14.1. The van der Waals surface area contributed by atoms with Crippen molar-refractivity contribution in [2.75, 3.05) is 23.3 Å². The minimum Gasteiger partial charge on any atom is -0.370 e. The first-order valence-electron chi connectivity index (χ1n) is 9.61. The normalized spacial score (nSPS) is 14.6. The number of aryl methyl sites for hydroxylation is 1. The fourth-order valence-electron chi connectivity index (χ4n) is 3.89. The molecule has 3 aromatic rings. The lowest BCUT2D eigenvalue weighted by Gasteiger charge is -2.35. The van der Waals surface area contributed by atoms with Crippen molar-refractivity contribution in [2.24, 2.45) is 7.05 Å². The Morgan fingerprint density at radius 1 is 1.28 bits per heavy atom. The quantitative estimate of drug-likeness (QED) is 0.742. The number of benzene rings is 1. The van der Waals surface area contributed by atoms with Crippen molar-refractivity contribution in [1.82, 2.24) is 14.5 Å². The summed E-state index contributed by atoms with van der Waals surface area (Å²) in [6.45, 7) is 5.22. The Morgan fingerprint density at radius 3 is 2.76 bits per heavy atom. The Hall–Kier alpha value is -3.66. The second-order valence-corrected chi connectivity index (χ2v) is 7.13. The minimum atomic E-state index is -0.254. The number of rotatable bonds is 4. The number of anilines is 2. The van der Waals surface area contributed by atoms with E-state index in [1.165, 1.54) is 0 Å². The molecule has 1 fully saturated rings. The highest BCUT2D eigenvalue weighted by atomic mass is 16.1. The topological polar surface area (TPSA) is 86.8 Å². The van der Waals surface area contributed by atoms with Gasteiger partial charge in [0.05, 0.1) is 16.9 Å². The summed E-state index contributed by atoms with van der Waals surface area (Å²) in [5.41, 5.74) is 2.32. The summed E-state index contributed by atoms with van der Waals surface area (Å²) in [6.07, 6.45) is 5.12. The van der Waals surface area contributed by atoms with Crippen molar-refractivity contribution in [1.29, 1.82) is 5.26 Å². The van der Waals surface area contributed by atoms with Crippen LogP contribution < -0.4 is 15.8 Å². The van der Waals surface area contributed by atoms with Gasteiger partial charge in [0.15, 0.2) is 0 Å². The number of nitrogens with zero attached hydrogens (tertiary/aromatic N) is 5. The van der Waals surface area contributed by atoms with Crippen molar-refractivity contribution in [3.63, 3.8) is 0 Å². The van der Waals surface area contributed by atoms with Crippen LogP contribution in [-0.2, 0) is 7.05 Å². The van der Waals surface area contributed by atoms with Crippen LogP contribution in [0.3, 0.4) is 0 Å². The summed E-state index contributed by atoms with van der Waals surface area (Å²) in [5, 5.41) is 14.0. The van der Waals surface area contributed by atoms with Crippen LogP contribution in [0.15, 0.2) is 47.9 Å². The van der Waals surface area contributed by atoms with Gasteiger partial charge in [0.1, 0.15) is 11.6 Å². The lowest BCUT2D eigenvalue weighted by molar-refractivity contribution is 0.524. The molecule has 1 aliphatic rings. The maximum Gasteiger partial charge on any atom is 0.270 e. The van der Waals surface area contributed by atoms with Crippen LogP contribution in [0.25, 0.3) is 17.0 Å². The van der Waals surface area contributed by atoms with Crippen LogP contribution in [0, 0.1) is 11.3 Å². The van der Waals surface area contributed by atoms with E-state index in [-0.39, 0.29) is 17.2 Å². The van der Waals surface area contributed by atoms with Gasteiger partial charge in [0.2, 0.25) is 5.95 Å². The molecule has 0 aliphatic carbocycles. The zero-order valence-electron chi connectivity index (χ0n) is 16.3. The third-order valence-electron chi connectivity index (χ3n) is 5.42. The van der Waals surface area contributed by atoms with E-state index in [2.05, 4.69) is 32.8 Å². The van der Waals surface area contributed by atoms with Gasteiger partial charge in [-0.15, -0.1) is 0 Å². The van der Waals surface area contributed by atoms with E-state index in [9.17, 15) is 10.1 Å². The fraction of sp³-hybridized carbons (Fsp3) is 0.273. The molecular formula is C22H22N6O. The molecule has 0 unspecified atom stereocenters. The van der Waals surface area contributed by atoms with E-state index in [1.807, 2.05) is 30.3 Å². The largest absolute Gasteiger partial charge is 0.370 e. The lowest BCUT2D eigenvalue weighted by atomic mass is 10.0. The smallest absolute Gasteiger partial charge is 0.270 e. The Bertz CT molecular complexity index is 1170. The van der Waals surface area contributed by atoms with Gasteiger partial charge in [0, 0.05) is 37.8 Å². The van der Waals surface area contributed by atoms with Gasteiger partial charge < -0.3 is 14.8 Å². The number of piperidine rings is 1. The van der Waals surface area contributed by atoms with Gasteiger partial charge in [-0.05, 0) is 31.1 Å². The summed E-state index contributed by atoms with van der Waals surface area (Å²) in [4.78, 5) is 23.6. The maximum absolute atomic E-state index is 12.7. The van der Waals surface area contributed by atoms with Crippen LogP contribution in [0.2, 0.25) is 0 Å². The molecule has 1 aliphatic heterocycles. The molecule has 1 aromatic carbocycles. The van der Waals surface area contributed by atoms with Crippen LogP contribution in [-0.4, -0.2) is 33.7 Å². The number of fused-ring (bicyclic) bond motifs is 1. The van der Waals surface area contributed by atoms with Crippen molar-refractivity contribution in [3.8, 4) is 6.07 Å². The third kappa shape index (κ3) is 3.45. The Kier molecular flexibility index (Phi) is 5.00. The predicted octanol–water partition coefficient (Wildman–Crippen LogP) is 2.92. The SMILES string of the molecule is C=Cc1ccnc(NC2CCN(c3c(C#N)c(=O)n(C)c4ccccc34)CC2)n1. The Balaban J connectivity index is 1.60. The third-order valence-corrected chi connectivity index (χ3v) is 5.42. The number of nitrogens with one attached hydrogen (secondary N) is 1. The molecule has 0 radical (unpaired) electrons. The van der Waals surface area contributed by atoms with Crippen molar-refractivity contribution in [3.05, 3.63) is 64.7 Å². The van der Waals surface area contributed by atoms with E-state index < -0.39 is 0 Å². The van der Waals surface area contributed by atoms with Crippen molar-refractivity contribution >= 4 is 28.6 Å². The molecule has 0 saturated carbocycles. The van der Waals surface area contributed by atoms with E-state index in [0.717, 1.165) is 48.2 Å². The number of aromatic nitrogens is 3. The lowest BCUT2D eigenvalue weighted by Crippen LogP contribution is -2.41. The standard InChI is InChI=1S/C22H22N6O/c1-3-15-8-11-24-22(25-15)26-16-9-12-28(13-10-16)20-17-6-4-5-7-19(17)27(2)21(29)18(20)14-23/h3-8,11,16H,1,9-10,12-13H2,2H3,(H,24,25,26). The Labute approximate surface area is 168 Å². The maximum atomic E-state index is 12.7. The zero-order valence-corrected chi connectivity index (χ0v) is 16.3. The molecule has 29 heavy (non-hydrogen) atoms. The minimum absolute atomic E-state index is 0.208. The van der Waals surface area contributed by atoms with Crippen molar-refractivity contribution in [2.45, 2.75) is 18.9 Å².